The smallest absolute Gasteiger partial charge is 0.417 e. The number of nitrogens with zero attached hydrogens (tertiary/aromatic N) is 1. The van der Waals surface area contributed by atoms with E-state index in [2.05, 4.69) is 15.6 Å². The maximum Gasteiger partial charge on any atom is 0.417 e. The van der Waals surface area contributed by atoms with Gasteiger partial charge in [-0.25, -0.2) is 9.37 Å². The number of rotatable bonds is 8. The number of hydrogen-bond acceptors (Lipinski definition) is 7. The lowest BCUT2D eigenvalue weighted by atomic mass is 9.77. The molecule has 10 nitrogen and oxygen atoms in total. The van der Waals surface area contributed by atoms with Crippen LogP contribution in [0.5, 0.6) is 5.75 Å². The number of carbonyl (C=O) groups excluding carboxylic acids is 3. The van der Waals surface area contributed by atoms with E-state index in [9.17, 15) is 36.3 Å². The van der Waals surface area contributed by atoms with Crippen molar-refractivity contribution in [1.29, 1.82) is 0 Å². The summed E-state index contributed by atoms with van der Waals surface area (Å²) in [7, 11) is 1.00. The number of methoxy groups -OCH3 is 1. The van der Waals surface area contributed by atoms with Crippen molar-refractivity contribution < 1.29 is 45.8 Å². The molecule has 6 N–H and O–H groups in total. The van der Waals surface area contributed by atoms with Crippen LogP contribution in [-0.4, -0.2) is 53.7 Å². The van der Waals surface area contributed by atoms with Crippen molar-refractivity contribution in [1.82, 2.24) is 4.98 Å². The average Bonchev–Trinajstić information content (AvgIpc) is 3.11. The lowest BCUT2D eigenvalue weighted by Gasteiger charge is -2.32. The Morgan fingerprint density at radius 1 is 1.20 bits per heavy atom. The van der Waals surface area contributed by atoms with Gasteiger partial charge in [-0.2, -0.15) is 17.6 Å². The normalized spacial score (nSPS) is 23.4. The predicted octanol–water partition coefficient (Wildman–Crippen LogP) is 3.22. The maximum atomic E-state index is 14.5. The fourth-order valence-corrected chi connectivity index (χ4v) is 4.53. The Morgan fingerprint density at radius 3 is 2.40 bits per heavy atom. The van der Waals surface area contributed by atoms with Crippen LogP contribution in [0, 0.1) is 17.6 Å². The van der Waals surface area contributed by atoms with Gasteiger partial charge in [0.15, 0.2) is 17.2 Å². The fraction of sp³-hybridized carbons (Fsp3) is 0.440. The number of benzene rings is 1. The molecule has 0 bridgehead atoms. The lowest BCUT2D eigenvalue weighted by Crippen LogP contribution is -2.47. The number of alkyl halides is 3. The number of hydrogen-bond donors (Lipinski definition) is 4. The number of primary amides is 1. The van der Waals surface area contributed by atoms with Gasteiger partial charge in [-0.3, -0.25) is 14.4 Å². The summed E-state index contributed by atoms with van der Waals surface area (Å²) in [6.07, 6.45) is -6.95. The number of nitrogens with two attached hydrogens (primary N) is 2. The van der Waals surface area contributed by atoms with Crippen LogP contribution < -0.4 is 26.8 Å². The number of aromatic nitrogens is 1. The quantitative estimate of drug-likeness (QED) is 0.353. The van der Waals surface area contributed by atoms with Crippen LogP contribution >= 0.6 is 0 Å². The van der Waals surface area contributed by atoms with E-state index in [-0.39, 0.29) is 29.2 Å². The molecule has 0 spiro atoms. The molecule has 5 atom stereocenters. The first-order chi connectivity index (χ1) is 18.5. The second-order valence-corrected chi connectivity index (χ2v) is 9.65. The molecule has 15 heteroatoms. The molecular formula is C25H28F5N5O5. The Kier molecular flexibility index (Phi) is 8.69. The summed E-state index contributed by atoms with van der Waals surface area (Å²) >= 11 is 0. The number of carbonyl (C=O) groups is 3. The fourth-order valence-electron chi connectivity index (χ4n) is 4.53. The first-order valence-corrected chi connectivity index (χ1v) is 11.9. The topological polar surface area (TPSA) is 159 Å². The number of ether oxygens (including phenoxy) is 2. The van der Waals surface area contributed by atoms with E-state index in [1.807, 2.05) is 0 Å². The highest BCUT2D eigenvalue weighted by molar-refractivity contribution is 5.99. The Labute approximate surface area is 225 Å². The summed E-state index contributed by atoms with van der Waals surface area (Å²) < 4.78 is 81.1. The molecule has 1 aliphatic heterocycles. The molecule has 40 heavy (non-hydrogen) atoms. The van der Waals surface area contributed by atoms with Gasteiger partial charge in [-0.1, -0.05) is 13.0 Å². The van der Waals surface area contributed by atoms with Gasteiger partial charge in [-0.05, 0) is 26.0 Å². The van der Waals surface area contributed by atoms with Gasteiger partial charge < -0.3 is 31.6 Å². The molecule has 0 saturated carbocycles. The van der Waals surface area contributed by atoms with Crippen LogP contribution in [0.4, 0.5) is 33.5 Å². The van der Waals surface area contributed by atoms with Crippen molar-refractivity contribution in [2.75, 3.05) is 17.7 Å². The Balaban J connectivity index is 2.05. The van der Waals surface area contributed by atoms with Crippen LogP contribution in [0.15, 0.2) is 24.3 Å². The first-order valence-electron chi connectivity index (χ1n) is 11.9. The average molecular weight is 574 g/mol. The lowest BCUT2D eigenvalue weighted by molar-refractivity contribution is -0.272. The van der Waals surface area contributed by atoms with Crippen molar-refractivity contribution in [3.63, 3.8) is 0 Å². The van der Waals surface area contributed by atoms with E-state index in [0.29, 0.717) is 6.07 Å². The number of anilines is 2. The highest BCUT2D eigenvalue weighted by Crippen LogP contribution is 2.55. The van der Waals surface area contributed by atoms with Gasteiger partial charge in [0.05, 0.1) is 7.11 Å². The highest BCUT2D eigenvalue weighted by atomic mass is 19.4. The molecule has 1 aromatic carbocycles. The molecule has 3 amide bonds. The zero-order chi connectivity index (χ0) is 30.2. The van der Waals surface area contributed by atoms with E-state index in [1.54, 1.807) is 6.92 Å². The SMILES string of the molecule is COc1c([C@H]2[C@H](C(=O)Nc3cc(NC(=O)C[C@H](C)N)nc(C(N)=O)c3)O[C@@](C)(C(F)(F)F)[C@H]2C)ccc(F)c1F. The molecule has 0 radical (unpaired) electrons. The molecule has 1 aliphatic rings. The Morgan fingerprint density at radius 2 is 1.85 bits per heavy atom. The number of pyridine rings is 1. The predicted molar refractivity (Wildman–Crippen MR) is 132 cm³/mol. The zero-order valence-electron chi connectivity index (χ0n) is 21.9. The second kappa shape index (κ2) is 11.3. The molecule has 1 fully saturated rings. The Hall–Kier alpha value is -3.85. The third-order valence-corrected chi connectivity index (χ3v) is 6.69. The van der Waals surface area contributed by atoms with Crippen molar-refractivity contribution in [3.8, 4) is 5.75 Å². The molecule has 2 aromatic rings. The van der Waals surface area contributed by atoms with Crippen LogP contribution in [-0.2, 0) is 14.3 Å². The summed E-state index contributed by atoms with van der Waals surface area (Å²) in [6, 6.07) is 3.40. The van der Waals surface area contributed by atoms with E-state index in [0.717, 1.165) is 39.2 Å². The maximum absolute atomic E-state index is 14.5. The standard InChI is InChI=1S/C25H28F5N5O5/c1-10(31)7-17(36)35-16-9-12(8-15(34-16)22(32)37)33-23(38)21-18(11(2)24(3,40-21)25(28,29)30)13-5-6-14(26)19(27)20(13)39-4/h5-6,8-11,18,21H,7,31H2,1-4H3,(H2,32,37)(H2,33,34,35,36,38)/t10-,11-,18-,21+,24+/m0/s1. The summed E-state index contributed by atoms with van der Waals surface area (Å²) in [5.74, 6) is -9.28. The molecule has 218 valence electrons. The van der Waals surface area contributed by atoms with Crippen molar-refractivity contribution >= 4 is 29.2 Å². The van der Waals surface area contributed by atoms with E-state index in [4.69, 9.17) is 20.9 Å². The molecule has 0 aliphatic carbocycles. The summed E-state index contributed by atoms with van der Waals surface area (Å²) in [5, 5.41) is 4.73. The third-order valence-electron chi connectivity index (χ3n) is 6.69. The van der Waals surface area contributed by atoms with Crippen molar-refractivity contribution in [3.05, 3.63) is 47.2 Å². The van der Waals surface area contributed by atoms with Gasteiger partial charge in [-0.15, -0.1) is 0 Å². The van der Waals surface area contributed by atoms with Gasteiger partial charge in [0.1, 0.15) is 17.6 Å². The van der Waals surface area contributed by atoms with Crippen LogP contribution in [0.25, 0.3) is 0 Å². The monoisotopic (exact) mass is 573 g/mol. The van der Waals surface area contributed by atoms with Crippen molar-refractivity contribution in [2.45, 2.75) is 57.0 Å². The van der Waals surface area contributed by atoms with Gasteiger partial charge in [0.2, 0.25) is 11.7 Å². The van der Waals surface area contributed by atoms with E-state index in [1.165, 1.54) is 0 Å². The molecule has 1 aromatic heterocycles. The number of halogens is 5. The van der Waals surface area contributed by atoms with E-state index >= 15 is 0 Å². The number of nitrogens with one attached hydrogen (secondary N) is 2. The highest BCUT2D eigenvalue weighted by Gasteiger charge is 2.66. The second-order valence-electron chi connectivity index (χ2n) is 9.65. The van der Waals surface area contributed by atoms with Crippen LogP contribution in [0.3, 0.4) is 0 Å². The van der Waals surface area contributed by atoms with Gasteiger partial charge >= 0.3 is 6.18 Å². The van der Waals surface area contributed by atoms with Gasteiger partial charge in [0, 0.05) is 41.6 Å². The minimum Gasteiger partial charge on any atom is -0.493 e. The molecular weight excluding hydrogens is 545 g/mol. The van der Waals surface area contributed by atoms with Crippen molar-refractivity contribution in [2.24, 2.45) is 17.4 Å². The summed E-state index contributed by atoms with van der Waals surface area (Å²) in [4.78, 5) is 41.2. The third kappa shape index (κ3) is 5.99. The first kappa shape index (κ1) is 30.7. The zero-order valence-corrected chi connectivity index (χ0v) is 21.9. The largest absolute Gasteiger partial charge is 0.493 e. The molecule has 1 saturated heterocycles. The van der Waals surface area contributed by atoms with Crippen LogP contribution in [0.1, 0.15) is 49.2 Å². The summed E-state index contributed by atoms with van der Waals surface area (Å²) in [6.45, 7) is 3.48. The summed E-state index contributed by atoms with van der Waals surface area (Å²) in [5.41, 5.74) is 7.25. The van der Waals surface area contributed by atoms with Gasteiger partial charge in [0.25, 0.3) is 11.8 Å². The molecule has 0 unspecified atom stereocenters. The van der Waals surface area contributed by atoms with E-state index < -0.39 is 70.9 Å². The Bertz CT molecular complexity index is 1320. The molecule has 3 rings (SSSR count). The minimum atomic E-state index is -4.96. The van der Waals surface area contributed by atoms with Crippen LogP contribution in [0.2, 0.25) is 0 Å². The number of amides is 3. The minimum absolute atomic E-state index is 0.105. The molecule has 2 heterocycles.